The van der Waals surface area contributed by atoms with Crippen LogP contribution in [0.25, 0.3) is 0 Å². The zero-order chi connectivity index (χ0) is 11.5. The Balaban J connectivity index is 1.99. The molecule has 1 saturated carbocycles. The number of carbonyl (C=O) groups is 2. The molecule has 1 aromatic carbocycles. The number of primary amides is 1. The van der Waals surface area contributed by atoms with Gasteiger partial charge in [0.2, 0.25) is 11.8 Å². The van der Waals surface area contributed by atoms with E-state index in [0.717, 1.165) is 19.3 Å². The summed E-state index contributed by atoms with van der Waals surface area (Å²) < 4.78 is 0. The summed E-state index contributed by atoms with van der Waals surface area (Å²) in [5.41, 5.74) is 6.27. The number of nitrogens with two attached hydrogens (primary N) is 1. The van der Waals surface area contributed by atoms with Gasteiger partial charge < -0.3 is 11.1 Å². The van der Waals surface area contributed by atoms with Crippen molar-refractivity contribution in [1.29, 1.82) is 0 Å². The summed E-state index contributed by atoms with van der Waals surface area (Å²) in [5, 5.41) is 2.82. The number of hydrogen-bond acceptors (Lipinski definition) is 2. The smallest absolute Gasteiger partial charge is 0.248 e. The molecule has 1 aliphatic rings. The SMILES string of the molecule is NC(=O)c1ccc(NC(=O)C2CCC2)cc1. The summed E-state index contributed by atoms with van der Waals surface area (Å²) in [4.78, 5) is 22.4. The van der Waals surface area contributed by atoms with Crippen molar-refractivity contribution in [2.45, 2.75) is 19.3 Å². The average Bonchev–Trinajstić information content (AvgIpc) is 2.15. The summed E-state index contributed by atoms with van der Waals surface area (Å²) in [6.07, 6.45) is 3.09. The lowest BCUT2D eigenvalue weighted by atomic mass is 9.85. The van der Waals surface area contributed by atoms with Crippen molar-refractivity contribution < 1.29 is 9.59 Å². The van der Waals surface area contributed by atoms with Crippen molar-refractivity contribution in [3.8, 4) is 0 Å². The van der Waals surface area contributed by atoms with Gasteiger partial charge >= 0.3 is 0 Å². The first-order valence-electron chi connectivity index (χ1n) is 5.37. The fourth-order valence-electron chi connectivity index (χ4n) is 1.63. The van der Waals surface area contributed by atoms with Crippen LogP contribution in [-0.2, 0) is 4.79 Å². The maximum absolute atomic E-state index is 11.6. The number of benzene rings is 1. The van der Waals surface area contributed by atoms with E-state index >= 15 is 0 Å². The van der Waals surface area contributed by atoms with E-state index in [1.807, 2.05) is 0 Å². The van der Waals surface area contributed by atoms with Crippen molar-refractivity contribution in [2.75, 3.05) is 5.32 Å². The molecule has 1 aliphatic carbocycles. The fraction of sp³-hybridized carbons (Fsp3) is 0.333. The van der Waals surface area contributed by atoms with Crippen LogP contribution < -0.4 is 11.1 Å². The summed E-state index contributed by atoms with van der Waals surface area (Å²) in [7, 11) is 0. The number of amides is 2. The van der Waals surface area contributed by atoms with E-state index in [2.05, 4.69) is 5.32 Å². The third-order valence-corrected chi connectivity index (χ3v) is 2.91. The van der Waals surface area contributed by atoms with Crippen LogP contribution in [-0.4, -0.2) is 11.8 Å². The molecule has 0 atom stereocenters. The zero-order valence-corrected chi connectivity index (χ0v) is 8.90. The van der Waals surface area contributed by atoms with Crippen LogP contribution in [0.2, 0.25) is 0 Å². The van der Waals surface area contributed by atoms with Gasteiger partial charge in [0.25, 0.3) is 0 Å². The first-order valence-corrected chi connectivity index (χ1v) is 5.37. The normalized spacial score (nSPS) is 15.2. The van der Waals surface area contributed by atoms with Gasteiger partial charge in [0.15, 0.2) is 0 Å². The second-order valence-electron chi connectivity index (χ2n) is 4.06. The van der Waals surface area contributed by atoms with Gasteiger partial charge in [-0.15, -0.1) is 0 Å². The van der Waals surface area contributed by atoms with E-state index in [0.29, 0.717) is 11.3 Å². The molecule has 0 radical (unpaired) electrons. The molecular weight excluding hydrogens is 204 g/mol. The molecule has 1 aromatic rings. The lowest BCUT2D eigenvalue weighted by Crippen LogP contribution is -2.28. The third-order valence-electron chi connectivity index (χ3n) is 2.91. The number of nitrogens with one attached hydrogen (secondary N) is 1. The zero-order valence-electron chi connectivity index (χ0n) is 8.90. The average molecular weight is 218 g/mol. The molecule has 16 heavy (non-hydrogen) atoms. The molecule has 2 amide bonds. The first-order chi connectivity index (χ1) is 7.66. The van der Waals surface area contributed by atoms with Crippen LogP contribution in [0, 0.1) is 5.92 Å². The van der Waals surface area contributed by atoms with Gasteiger partial charge in [-0.2, -0.15) is 0 Å². The number of carbonyl (C=O) groups excluding carboxylic acids is 2. The Hall–Kier alpha value is -1.84. The van der Waals surface area contributed by atoms with Crippen LogP contribution >= 0.6 is 0 Å². The lowest BCUT2D eigenvalue weighted by molar-refractivity contribution is -0.122. The van der Waals surface area contributed by atoms with Crippen molar-refractivity contribution in [3.05, 3.63) is 29.8 Å². The van der Waals surface area contributed by atoms with Gasteiger partial charge in [-0.1, -0.05) is 6.42 Å². The highest BCUT2D eigenvalue weighted by molar-refractivity contribution is 5.95. The minimum absolute atomic E-state index is 0.0677. The highest BCUT2D eigenvalue weighted by Gasteiger charge is 2.24. The topological polar surface area (TPSA) is 72.2 Å². The lowest BCUT2D eigenvalue weighted by Gasteiger charge is -2.24. The minimum Gasteiger partial charge on any atom is -0.366 e. The third kappa shape index (κ3) is 2.21. The number of anilines is 1. The maximum atomic E-state index is 11.6. The Kier molecular flexibility index (Phi) is 2.90. The number of hydrogen-bond donors (Lipinski definition) is 2. The predicted octanol–water partition coefficient (Wildman–Crippen LogP) is 1.52. The highest BCUT2D eigenvalue weighted by Crippen LogP contribution is 2.27. The van der Waals surface area contributed by atoms with Gasteiger partial charge in [0.1, 0.15) is 0 Å². The molecule has 4 heteroatoms. The monoisotopic (exact) mass is 218 g/mol. The Morgan fingerprint density at radius 2 is 1.81 bits per heavy atom. The largest absolute Gasteiger partial charge is 0.366 e. The molecule has 0 aliphatic heterocycles. The Bertz CT molecular complexity index is 408. The summed E-state index contributed by atoms with van der Waals surface area (Å²) in [5.74, 6) is -0.231. The van der Waals surface area contributed by atoms with Crippen LogP contribution in [0.5, 0.6) is 0 Å². The molecular formula is C12H14N2O2. The molecule has 84 valence electrons. The van der Waals surface area contributed by atoms with Crippen LogP contribution in [0.3, 0.4) is 0 Å². The summed E-state index contributed by atoms with van der Waals surface area (Å²) in [6, 6.07) is 6.60. The van der Waals surface area contributed by atoms with Gasteiger partial charge in [-0.05, 0) is 37.1 Å². The molecule has 4 nitrogen and oxygen atoms in total. The van der Waals surface area contributed by atoms with E-state index < -0.39 is 5.91 Å². The van der Waals surface area contributed by atoms with Crippen molar-refractivity contribution >= 4 is 17.5 Å². The molecule has 2 rings (SSSR count). The first kappa shape index (κ1) is 10.7. The van der Waals surface area contributed by atoms with E-state index in [-0.39, 0.29) is 11.8 Å². The van der Waals surface area contributed by atoms with Crippen LogP contribution in [0.15, 0.2) is 24.3 Å². The molecule has 3 N–H and O–H groups in total. The molecule has 0 aromatic heterocycles. The van der Waals surface area contributed by atoms with Crippen molar-refractivity contribution in [1.82, 2.24) is 0 Å². The summed E-state index contributed by atoms with van der Waals surface area (Å²) >= 11 is 0. The quantitative estimate of drug-likeness (QED) is 0.807. The van der Waals surface area contributed by atoms with Gasteiger partial charge in [-0.3, -0.25) is 9.59 Å². The Labute approximate surface area is 93.8 Å². The molecule has 1 fully saturated rings. The summed E-state index contributed by atoms with van der Waals surface area (Å²) in [6.45, 7) is 0. The van der Waals surface area contributed by atoms with Gasteiger partial charge in [-0.25, -0.2) is 0 Å². The Morgan fingerprint density at radius 3 is 2.25 bits per heavy atom. The predicted molar refractivity (Wildman–Crippen MR) is 60.9 cm³/mol. The molecule has 0 unspecified atom stereocenters. The van der Waals surface area contributed by atoms with Crippen LogP contribution in [0.4, 0.5) is 5.69 Å². The standard InChI is InChI=1S/C12H14N2O2/c13-11(15)8-4-6-10(7-5-8)14-12(16)9-2-1-3-9/h4-7,9H,1-3H2,(H2,13,15)(H,14,16). The molecule has 0 heterocycles. The van der Waals surface area contributed by atoms with E-state index in [4.69, 9.17) is 5.73 Å². The maximum Gasteiger partial charge on any atom is 0.248 e. The van der Waals surface area contributed by atoms with Gasteiger partial charge in [0, 0.05) is 17.2 Å². The highest BCUT2D eigenvalue weighted by atomic mass is 16.2. The Morgan fingerprint density at radius 1 is 1.19 bits per heavy atom. The minimum atomic E-state index is -0.461. The fourth-order valence-corrected chi connectivity index (χ4v) is 1.63. The number of rotatable bonds is 3. The van der Waals surface area contributed by atoms with E-state index in [1.54, 1.807) is 24.3 Å². The molecule has 0 bridgehead atoms. The van der Waals surface area contributed by atoms with Crippen molar-refractivity contribution in [3.63, 3.8) is 0 Å². The van der Waals surface area contributed by atoms with E-state index in [9.17, 15) is 9.59 Å². The van der Waals surface area contributed by atoms with Gasteiger partial charge in [0.05, 0.1) is 0 Å². The van der Waals surface area contributed by atoms with Crippen molar-refractivity contribution in [2.24, 2.45) is 11.7 Å². The second-order valence-corrected chi connectivity index (χ2v) is 4.06. The van der Waals surface area contributed by atoms with E-state index in [1.165, 1.54) is 0 Å². The van der Waals surface area contributed by atoms with Crippen LogP contribution in [0.1, 0.15) is 29.6 Å². The molecule has 0 saturated heterocycles. The second kappa shape index (κ2) is 4.35. The molecule has 0 spiro atoms.